The zero-order valence-corrected chi connectivity index (χ0v) is 13.5. The number of methoxy groups -OCH3 is 1. The fraction of sp³-hybridized carbons (Fsp3) is 0.545. The number of sulfonamides is 1. The summed E-state index contributed by atoms with van der Waals surface area (Å²) >= 11 is 3.20. The molecule has 0 aliphatic rings. The van der Waals surface area contributed by atoms with Crippen LogP contribution in [-0.2, 0) is 14.8 Å². The van der Waals surface area contributed by atoms with Crippen LogP contribution < -0.4 is 5.73 Å². The van der Waals surface area contributed by atoms with Crippen LogP contribution in [0.15, 0.2) is 21.6 Å². The summed E-state index contributed by atoms with van der Waals surface area (Å²) in [4.78, 5) is 3.87. The normalized spacial score (nSPS) is 13.7. The summed E-state index contributed by atoms with van der Waals surface area (Å²) in [7, 11) is -2.16. The maximum Gasteiger partial charge on any atom is 0.247 e. The van der Waals surface area contributed by atoms with Crippen molar-refractivity contribution in [2.45, 2.75) is 24.8 Å². The molecular weight excluding hydrogens is 334 g/mol. The van der Waals surface area contributed by atoms with Crippen molar-refractivity contribution in [1.82, 2.24) is 9.29 Å². The van der Waals surface area contributed by atoms with E-state index >= 15 is 0 Å². The van der Waals surface area contributed by atoms with Crippen molar-refractivity contribution in [2.75, 3.05) is 26.0 Å². The lowest BCUT2D eigenvalue weighted by molar-refractivity contribution is 0.142. The molecule has 0 aromatic carbocycles. The van der Waals surface area contributed by atoms with Crippen LogP contribution in [-0.4, -0.2) is 44.0 Å². The first-order valence-corrected chi connectivity index (χ1v) is 7.99. The summed E-state index contributed by atoms with van der Waals surface area (Å²) in [6.07, 6.45) is 1.46. The zero-order chi connectivity index (χ0) is 14.6. The third kappa shape index (κ3) is 3.65. The van der Waals surface area contributed by atoms with Gasteiger partial charge in [0.15, 0.2) is 0 Å². The van der Waals surface area contributed by atoms with Gasteiger partial charge >= 0.3 is 0 Å². The Kier molecular flexibility index (Phi) is 5.72. The van der Waals surface area contributed by atoms with Crippen LogP contribution in [0.5, 0.6) is 0 Å². The van der Waals surface area contributed by atoms with Crippen LogP contribution in [0.3, 0.4) is 0 Å². The number of nitrogens with zero attached hydrogens (tertiary/aromatic N) is 2. The van der Waals surface area contributed by atoms with Gasteiger partial charge in [0.2, 0.25) is 10.0 Å². The van der Waals surface area contributed by atoms with Gasteiger partial charge < -0.3 is 10.5 Å². The van der Waals surface area contributed by atoms with Gasteiger partial charge in [-0.3, -0.25) is 0 Å². The second-order valence-corrected chi connectivity index (χ2v) is 6.82. The third-order valence-electron chi connectivity index (χ3n) is 2.65. The number of nitrogen functional groups attached to an aromatic ring is 1. The van der Waals surface area contributed by atoms with E-state index in [1.165, 1.54) is 23.7 Å². The van der Waals surface area contributed by atoms with Crippen LogP contribution in [0.1, 0.15) is 13.8 Å². The fourth-order valence-electron chi connectivity index (χ4n) is 1.81. The molecule has 1 heterocycles. The third-order valence-corrected chi connectivity index (χ3v) is 5.20. The monoisotopic (exact) mass is 351 g/mol. The summed E-state index contributed by atoms with van der Waals surface area (Å²) in [6.45, 7) is 4.20. The predicted molar refractivity (Wildman–Crippen MR) is 77.3 cm³/mol. The molecule has 1 atom stereocenters. The fourth-order valence-corrected chi connectivity index (χ4v) is 4.01. The van der Waals surface area contributed by atoms with Gasteiger partial charge in [0.05, 0.1) is 6.61 Å². The van der Waals surface area contributed by atoms with Crippen molar-refractivity contribution in [3.63, 3.8) is 0 Å². The molecule has 0 saturated carbocycles. The predicted octanol–water partition coefficient (Wildman–Crippen LogP) is 1.47. The number of likely N-dealkylation sites (N-methyl/N-ethyl adjacent to an activating group) is 1. The molecule has 8 heteroatoms. The largest absolute Gasteiger partial charge is 0.383 e. The molecule has 0 amide bonds. The Labute approximate surface area is 122 Å². The van der Waals surface area contributed by atoms with Gasteiger partial charge in [-0.25, -0.2) is 13.4 Å². The Morgan fingerprint density at radius 2 is 2.21 bits per heavy atom. The second-order valence-electron chi connectivity index (χ2n) is 4.05. The number of hydrogen-bond acceptors (Lipinski definition) is 5. The van der Waals surface area contributed by atoms with E-state index in [2.05, 4.69) is 20.9 Å². The Hall–Kier alpha value is -0.700. The smallest absolute Gasteiger partial charge is 0.247 e. The van der Waals surface area contributed by atoms with Crippen molar-refractivity contribution in [1.29, 1.82) is 0 Å². The minimum atomic E-state index is -3.69. The highest BCUT2D eigenvalue weighted by Gasteiger charge is 2.30. The second kappa shape index (κ2) is 6.65. The number of nitrogens with two attached hydrogens (primary N) is 1. The zero-order valence-electron chi connectivity index (χ0n) is 11.1. The highest BCUT2D eigenvalue weighted by molar-refractivity contribution is 9.10. The minimum absolute atomic E-state index is 0.00618. The SMILES string of the molecule is CCN(C(C)COC)S(=O)(=O)c1cc(Br)cnc1N. The molecule has 108 valence electrons. The maximum atomic E-state index is 12.6. The molecular formula is C11H18BrN3O3S. The highest BCUT2D eigenvalue weighted by Crippen LogP contribution is 2.25. The molecule has 1 aromatic heterocycles. The van der Waals surface area contributed by atoms with E-state index in [4.69, 9.17) is 10.5 Å². The molecule has 2 N–H and O–H groups in total. The van der Waals surface area contributed by atoms with Crippen LogP contribution in [0.25, 0.3) is 0 Å². The van der Waals surface area contributed by atoms with E-state index < -0.39 is 10.0 Å². The van der Waals surface area contributed by atoms with Gasteiger partial charge in [0.25, 0.3) is 0 Å². The molecule has 0 radical (unpaired) electrons. The number of halogens is 1. The molecule has 0 aliphatic heterocycles. The molecule has 0 bridgehead atoms. The van der Waals surface area contributed by atoms with Crippen LogP contribution >= 0.6 is 15.9 Å². The van der Waals surface area contributed by atoms with Crippen molar-refractivity contribution in [2.24, 2.45) is 0 Å². The van der Waals surface area contributed by atoms with Crippen LogP contribution in [0, 0.1) is 0 Å². The standard InChI is InChI=1S/C11H18BrN3O3S/c1-4-15(8(2)7-18-3)19(16,17)10-5-9(12)6-14-11(10)13/h5-6,8H,4,7H2,1-3H3,(H2,13,14). The number of aromatic nitrogens is 1. The summed E-state index contributed by atoms with van der Waals surface area (Å²) < 4.78 is 32.1. The number of hydrogen-bond donors (Lipinski definition) is 1. The number of anilines is 1. The first-order chi connectivity index (χ1) is 8.84. The molecule has 0 fully saturated rings. The number of rotatable bonds is 6. The Morgan fingerprint density at radius 1 is 1.58 bits per heavy atom. The van der Waals surface area contributed by atoms with Gasteiger partial charge in [-0.05, 0) is 28.9 Å². The lowest BCUT2D eigenvalue weighted by Crippen LogP contribution is -2.41. The minimum Gasteiger partial charge on any atom is -0.383 e. The molecule has 0 saturated heterocycles. The Morgan fingerprint density at radius 3 is 2.74 bits per heavy atom. The van der Waals surface area contributed by atoms with Gasteiger partial charge in [0, 0.05) is 30.4 Å². The summed E-state index contributed by atoms with van der Waals surface area (Å²) in [6, 6.07) is 1.18. The Balaban J connectivity index is 3.24. The van der Waals surface area contributed by atoms with Crippen molar-refractivity contribution < 1.29 is 13.2 Å². The molecule has 1 rings (SSSR count). The summed E-state index contributed by atoms with van der Waals surface area (Å²) in [5.74, 6) is -0.00809. The highest BCUT2D eigenvalue weighted by atomic mass is 79.9. The lowest BCUT2D eigenvalue weighted by Gasteiger charge is -2.26. The molecule has 1 unspecified atom stereocenters. The molecule has 19 heavy (non-hydrogen) atoms. The van der Waals surface area contributed by atoms with E-state index in [0.29, 0.717) is 17.6 Å². The average Bonchev–Trinajstić information content (AvgIpc) is 2.33. The van der Waals surface area contributed by atoms with E-state index in [0.717, 1.165) is 0 Å². The lowest BCUT2D eigenvalue weighted by atomic mass is 10.4. The van der Waals surface area contributed by atoms with E-state index in [-0.39, 0.29) is 16.8 Å². The van der Waals surface area contributed by atoms with Gasteiger partial charge in [-0.2, -0.15) is 4.31 Å². The molecule has 0 aliphatic carbocycles. The molecule has 0 spiro atoms. The topological polar surface area (TPSA) is 85.5 Å². The van der Waals surface area contributed by atoms with E-state index in [1.54, 1.807) is 13.8 Å². The quantitative estimate of drug-likeness (QED) is 0.838. The Bertz CT molecular complexity index is 536. The average molecular weight is 352 g/mol. The van der Waals surface area contributed by atoms with Crippen LogP contribution in [0.4, 0.5) is 5.82 Å². The molecule has 6 nitrogen and oxygen atoms in total. The maximum absolute atomic E-state index is 12.6. The number of pyridine rings is 1. The van der Waals surface area contributed by atoms with Crippen molar-refractivity contribution in [3.05, 3.63) is 16.7 Å². The summed E-state index contributed by atoms with van der Waals surface area (Å²) in [5.41, 5.74) is 5.67. The molecule has 1 aromatic rings. The first-order valence-electron chi connectivity index (χ1n) is 5.76. The van der Waals surface area contributed by atoms with Gasteiger partial charge in [0.1, 0.15) is 10.7 Å². The van der Waals surface area contributed by atoms with Gasteiger partial charge in [-0.1, -0.05) is 6.92 Å². The van der Waals surface area contributed by atoms with E-state index in [1.807, 2.05) is 0 Å². The number of ether oxygens (including phenoxy) is 1. The van der Waals surface area contributed by atoms with Crippen molar-refractivity contribution >= 4 is 31.8 Å². The first kappa shape index (κ1) is 16.4. The van der Waals surface area contributed by atoms with Crippen LogP contribution in [0.2, 0.25) is 0 Å². The van der Waals surface area contributed by atoms with Gasteiger partial charge in [-0.15, -0.1) is 0 Å². The van der Waals surface area contributed by atoms with E-state index in [9.17, 15) is 8.42 Å². The van der Waals surface area contributed by atoms with Crippen molar-refractivity contribution in [3.8, 4) is 0 Å². The summed E-state index contributed by atoms with van der Waals surface area (Å²) in [5, 5.41) is 0.